The third kappa shape index (κ3) is 2.54. The van der Waals surface area contributed by atoms with Crippen LogP contribution in [0.25, 0.3) is 0 Å². The lowest BCUT2D eigenvalue weighted by Gasteiger charge is -2.06. The third-order valence-electron chi connectivity index (χ3n) is 1.86. The summed E-state index contributed by atoms with van der Waals surface area (Å²) >= 11 is 0. The van der Waals surface area contributed by atoms with Gasteiger partial charge in [0.15, 0.2) is 5.71 Å². The Balaban J connectivity index is 3.22. The Morgan fingerprint density at radius 2 is 2.20 bits per heavy atom. The van der Waals surface area contributed by atoms with Crippen LogP contribution in [0.5, 0.6) is 0 Å². The van der Waals surface area contributed by atoms with Crippen LogP contribution in [-0.2, 0) is 16.2 Å². The highest BCUT2D eigenvalue weighted by Crippen LogP contribution is 2.10. The lowest BCUT2D eigenvalue weighted by atomic mass is 10.0. The predicted molar refractivity (Wildman–Crippen MR) is 55.1 cm³/mol. The summed E-state index contributed by atoms with van der Waals surface area (Å²) in [7, 11) is 1.32. The second-order valence-electron chi connectivity index (χ2n) is 2.80. The number of hydrogen-bond acceptors (Lipinski definition) is 4. The van der Waals surface area contributed by atoms with Crippen molar-refractivity contribution in [2.45, 2.75) is 6.61 Å². The van der Waals surface area contributed by atoms with Crippen molar-refractivity contribution < 1.29 is 14.7 Å². The van der Waals surface area contributed by atoms with Crippen molar-refractivity contribution in [2.24, 2.45) is 10.9 Å². The molecule has 0 bridgehead atoms. The van der Waals surface area contributed by atoms with Crippen LogP contribution in [0.4, 0.5) is 0 Å². The van der Waals surface area contributed by atoms with Crippen molar-refractivity contribution >= 4 is 11.6 Å². The molecule has 0 radical (unpaired) electrons. The van der Waals surface area contributed by atoms with Crippen LogP contribution in [0.3, 0.4) is 0 Å². The van der Waals surface area contributed by atoms with Gasteiger partial charge in [-0.05, 0) is 5.56 Å². The number of nitrogens with two attached hydrogens (primary N) is 1. The van der Waals surface area contributed by atoms with Gasteiger partial charge in [0.1, 0.15) is 7.11 Å². The molecular weight excluding hydrogens is 196 g/mol. The average molecular weight is 208 g/mol. The van der Waals surface area contributed by atoms with E-state index in [1.165, 1.54) is 7.11 Å². The number of benzene rings is 1. The van der Waals surface area contributed by atoms with Crippen LogP contribution < -0.4 is 5.73 Å². The molecule has 5 nitrogen and oxygen atoms in total. The number of carbonyl (C=O) groups is 1. The molecule has 1 aromatic rings. The van der Waals surface area contributed by atoms with Gasteiger partial charge in [0, 0.05) is 5.56 Å². The molecule has 0 saturated heterocycles. The Labute approximate surface area is 87.1 Å². The van der Waals surface area contributed by atoms with Crippen LogP contribution in [0.1, 0.15) is 11.1 Å². The first kappa shape index (κ1) is 11.2. The zero-order chi connectivity index (χ0) is 11.3. The normalized spacial score (nSPS) is 11.2. The van der Waals surface area contributed by atoms with Gasteiger partial charge in [-0.2, -0.15) is 0 Å². The highest BCUT2D eigenvalue weighted by molar-refractivity contribution is 6.45. The van der Waals surface area contributed by atoms with E-state index in [-0.39, 0.29) is 12.3 Å². The van der Waals surface area contributed by atoms with E-state index >= 15 is 0 Å². The summed E-state index contributed by atoms with van der Waals surface area (Å²) < 4.78 is 0. The molecule has 0 fully saturated rings. The van der Waals surface area contributed by atoms with Gasteiger partial charge in [-0.15, -0.1) is 0 Å². The molecule has 1 rings (SSSR count). The minimum atomic E-state index is -0.697. The number of amides is 1. The number of primary amides is 1. The van der Waals surface area contributed by atoms with E-state index in [1.54, 1.807) is 24.3 Å². The topological polar surface area (TPSA) is 84.9 Å². The Kier molecular flexibility index (Phi) is 3.82. The molecule has 0 heterocycles. The summed E-state index contributed by atoms with van der Waals surface area (Å²) in [6, 6.07) is 6.81. The second kappa shape index (κ2) is 5.11. The molecule has 0 spiro atoms. The molecule has 0 atom stereocenters. The molecule has 5 heteroatoms. The molecule has 0 unspecified atom stereocenters. The van der Waals surface area contributed by atoms with Gasteiger partial charge in [-0.1, -0.05) is 29.4 Å². The van der Waals surface area contributed by atoms with E-state index in [4.69, 9.17) is 10.8 Å². The van der Waals surface area contributed by atoms with Crippen LogP contribution >= 0.6 is 0 Å². The number of rotatable bonds is 4. The smallest absolute Gasteiger partial charge is 0.271 e. The van der Waals surface area contributed by atoms with Gasteiger partial charge in [0.2, 0.25) is 0 Å². The maximum Gasteiger partial charge on any atom is 0.271 e. The molecule has 0 aromatic heterocycles. The van der Waals surface area contributed by atoms with Crippen molar-refractivity contribution in [1.82, 2.24) is 0 Å². The highest BCUT2D eigenvalue weighted by Gasteiger charge is 2.14. The summed E-state index contributed by atoms with van der Waals surface area (Å²) in [5.74, 6) is -0.697. The summed E-state index contributed by atoms with van der Waals surface area (Å²) in [5, 5.41) is 12.6. The SMILES string of the molecule is CO/N=C(/C(N)=O)c1ccccc1CO. The molecule has 3 N–H and O–H groups in total. The van der Waals surface area contributed by atoms with Crippen LogP contribution in [0.15, 0.2) is 29.4 Å². The van der Waals surface area contributed by atoms with Gasteiger partial charge in [0.05, 0.1) is 6.61 Å². The minimum Gasteiger partial charge on any atom is -0.398 e. The molecule has 15 heavy (non-hydrogen) atoms. The molecule has 1 amide bonds. The van der Waals surface area contributed by atoms with Crippen molar-refractivity contribution in [2.75, 3.05) is 7.11 Å². The van der Waals surface area contributed by atoms with Crippen molar-refractivity contribution in [3.63, 3.8) is 0 Å². The first-order valence-electron chi connectivity index (χ1n) is 4.30. The maximum absolute atomic E-state index is 11.1. The minimum absolute atomic E-state index is 0.00199. The lowest BCUT2D eigenvalue weighted by Crippen LogP contribution is -2.25. The number of hydrogen-bond donors (Lipinski definition) is 2. The molecule has 1 aromatic carbocycles. The fourth-order valence-corrected chi connectivity index (χ4v) is 1.21. The second-order valence-corrected chi connectivity index (χ2v) is 2.80. The maximum atomic E-state index is 11.1. The Hall–Kier alpha value is -1.88. The predicted octanol–water partition coefficient (Wildman–Crippen LogP) is 0.0147. The summed E-state index contributed by atoms with van der Waals surface area (Å²) in [6.07, 6.45) is 0. The Morgan fingerprint density at radius 3 is 2.73 bits per heavy atom. The van der Waals surface area contributed by atoms with Crippen LogP contribution in [-0.4, -0.2) is 23.8 Å². The molecule has 0 aliphatic carbocycles. The van der Waals surface area contributed by atoms with E-state index in [9.17, 15) is 4.79 Å². The van der Waals surface area contributed by atoms with Gasteiger partial charge < -0.3 is 15.7 Å². The number of nitrogens with zero attached hydrogens (tertiary/aromatic N) is 1. The van der Waals surface area contributed by atoms with E-state index in [0.717, 1.165) is 0 Å². The lowest BCUT2D eigenvalue weighted by molar-refractivity contribution is -0.112. The van der Waals surface area contributed by atoms with E-state index in [2.05, 4.69) is 9.99 Å². The number of aliphatic hydroxyl groups is 1. The van der Waals surface area contributed by atoms with Gasteiger partial charge in [-0.3, -0.25) is 4.79 Å². The fourth-order valence-electron chi connectivity index (χ4n) is 1.21. The average Bonchev–Trinajstić information content (AvgIpc) is 2.25. The number of carbonyl (C=O) groups excluding carboxylic acids is 1. The standard InChI is InChI=1S/C10H12N2O3/c1-15-12-9(10(11)14)8-5-3-2-4-7(8)6-13/h2-5,13H,6H2,1H3,(H2,11,14)/b12-9+. The number of oxime groups is 1. The first-order valence-corrected chi connectivity index (χ1v) is 4.30. The molecule has 0 aliphatic rings. The zero-order valence-electron chi connectivity index (χ0n) is 8.30. The quantitative estimate of drug-likeness (QED) is 0.540. The van der Waals surface area contributed by atoms with Gasteiger partial charge in [-0.25, -0.2) is 0 Å². The summed E-state index contributed by atoms with van der Waals surface area (Å²) in [6.45, 7) is -0.188. The van der Waals surface area contributed by atoms with Crippen LogP contribution in [0.2, 0.25) is 0 Å². The number of aliphatic hydroxyl groups excluding tert-OH is 1. The zero-order valence-corrected chi connectivity index (χ0v) is 8.30. The molecule has 80 valence electrons. The van der Waals surface area contributed by atoms with Gasteiger partial charge in [0.25, 0.3) is 5.91 Å². The largest absolute Gasteiger partial charge is 0.398 e. The summed E-state index contributed by atoms with van der Waals surface area (Å²) in [5.41, 5.74) is 6.21. The molecule has 0 saturated carbocycles. The molecular formula is C10H12N2O3. The van der Waals surface area contributed by atoms with Crippen molar-refractivity contribution in [3.8, 4) is 0 Å². The fraction of sp³-hybridized carbons (Fsp3) is 0.200. The molecule has 0 aliphatic heterocycles. The van der Waals surface area contributed by atoms with E-state index in [1.807, 2.05) is 0 Å². The summed E-state index contributed by atoms with van der Waals surface area (Å²) in [4.78, 5) is 15.6. The third-order valence-corrected chi connectivity index (χ3v) is 1.86. The van der Waals surface area contributed by atoms with Gasteiger partial charge >= 0.3 is 0 Å². The van der Waals surface area contributed by atoms with Crippen molar-refractivity contribution in [1.29, 1.82) is 0 Å². The highest BCUT2D eigenvalue weighted by atomic mass is 16.6. The Morgan fingerprint density at radius 1 is 1.53 bits per heavy atom. The first-order chi connectivity index (χ1) is 7.20. The van der Waals surface area contributed by atoms with Crippen LogP contribution in [0, 0.1) is 0 Å². The van der Waals surface area contributed by atoms with E-state index in [0.29, 0.717) is 11.1 Å². The Bertz CT molecular complexity index is 388. The monoisotopic (exact) mass is 208 g/mol. The van der Waals surface area contributed by atoms with E-state index < -0.39 is 5.91 Å². The van der Waals surface area contributed by atoms with Crippen molar-refractivity contribution in [3.05, 3.63) is 35.4 Å².